The van der Waals surface area contributed by atoms with Gasteiger partial charge in [-0.3, -0.25) is 9.59 Å². The second-order valence-electron chi connectivity index (χ2n) is 8.11. The Labute approximate surface area is 192 Å². The molecule has 4 rings (SSSR count). The van der Waals surface area contributed by atoms with Crippen LogP contribution in [0.4, 0.5) is 0 Å². The zero-order valence-electron chi connectivity index (χ0n) is 19.3. The van der Waals surface area contributed by atoms with Crippen molar-refractivity contribution in [2.75, 3.05) is 26.9 Å². The molecule has 0 saturated carbocycles. The quantitative estimate of drug-likeness (QED) is 0.336. The van der Waals surface area contributed by atoms with Crippen molar-refractivity contribution in [2.45, 2.75) is 19.9 Å². The number of hydrogen-bond donors (Lipinski definition) is 1. The molecule has 1 saturated heterocycles. The fourth-order valence-electron chi connectivity index (χ4n) is 4.48. The van der Waals surface area contributed by atoms with Crippen molar-refractivity contribution in [3.8, 4) is 5.75 Å². The van der Waals surface area contributed by atoms with Crippen molar-refractivity contribution in [1.82, 2.24) is 9.47 Å². The van der Waals surface area contributed by atoms with Gasteiger partial charge in [0.15, 0.2) is 0 Å². The number of Topliss-reactive ketones (excluding diaryl/α,β-unsaturated/α-hetero) is 1. The zero-order chi connectivity index (χ0) is 23.7. The lowest BCUT2D eigenvalue weighted by Crippen LogP contribution is -2.32. The number of aromatic nitrogens is 1. The smallest absolute Gasteiger partial charge is 0.295 e. The Morgan fingerprint density at radius 2 is 1.91 bits per heavy atom. The molecule has 1 N–H and O–H groups in total. The number of para-hydroxylation sites is 1. The Bertz CT molecular complexity index is 1260. The van der Waals surface area contributed by atoms with E-state index in [2.05, 4.69) is 0 Å². The molecule has 0 spiro atoms. The topological polar surface area (TPSA) is 81.0 Å². The van der Waals surface area contributed by atoms with Crippen LogP contribution in [0.1, 0.15) is 29.7 Å². The van der Waals surface area contributed by atoms with E-state index in [-0.39, 0.29) is 24.5 Å². The van der Waals surface area contributed by atoms with Gasteiger partial charge in [0.1, 0.15) is 11.5 Å². The van der Waals surface area contributed by atoms with Crippen molar-refractivity contribution < 1.29 is 24.2 Å². The number of benzene rings is 2. The summed E-state index contributed by atoms with van der Waals surface area (Å²) in [6, 6.07) is 12.3. The molecule has 33 heavy (non-hydrogen) atoms. The van der Waals surface area contributed by atoms with Gasteiger partial charge in [-0.25, -0.2) is 0 Å². The van der Waals surface area contributed by atoms with Crippen molar-refractivity contribution in [3.63, 3.8) is 0 Å². The van der Waals surface area contributed by atoms with Crippen LogP contribution in [0.5, 0.6) is 5.75 Å². The van der Waals surface area contributed by atoms with Gasteiger partial charge in [-0.2, -0.15) is 0 Å². The van der Waals surface area contributed by atoms with Crippen molar-refractivity contribution >= 4 is 28.4 Å². The van der Waals surface area contributed by atoms with E-state index in [0.29, 0.717) is 17.9 Å². The monoisotopic (exact) mass is 448 g/mol. The molecular weight excluding hydrogens is 420 g/mol. The summed E-state index contributed by atoms with van der Waals surface area (Å²) in [4.78, 5) is 27.7. The number of hydrogen-bond acceptors (Lipinski definition) is 5. The molecule has 172 valence electrons. The number of nitrogens with zero attached hydrogens (tertiary/aromatic N) is 2. The lowest BCUT2D eigenvalue weighted by Gasteiger charge is -2.24. The van der Waals surface area contributed by atoms with Crippen LogP contribution in [-0.4, -0.2) is 53.1 Å². The predicted molar refractivity (Wildman–Crippen MR) is 126 cm³/mol. The van der Waals surface area contributed by atoms with E-state index < -0.39 is 17.7 Å². The molecule has 1 amide bonds. The van der Waals surface area contributed by atoms with Crippen LogP contribution in [-0.2, 0) is 21.4 Å². The number of carbonyl (C=O) groups excluding carboxylic acids is 2. The van der Waals surface area contributed by atoms with Gasteiger partial charge in [-0.15, -0.1) is 0 Å². The first-order valence-electron chi connectivity index (χ1n) is 10.9. The Morgan fingerprint density at radius 1 is 1.15 bits per heavy atom. The number of aryl methyl sites for hydroxylation is 2. The number of aliphatic hydroxyl groups excluding tert-OH is 1. The molecule has 0 bridgehead atoms. The van der Waals surface area contributed by atoms with Crippen LogP contribution in [0.3, 0.4) is 0 Å². The molecule has 7 nitrogen and oxygen atoms in total. The summed E-state index contributed by atoms with van der Waals surface area (Å²) in [7, 11) is 3.47. The normalized spacial score (nSPS) is 17.8. The number of rotatable bonds is 7. The van der Waals surface area contributed by atoms with Gasteiger partial charge >= 0.3 is 0 Å². The molecule has 1 unspecified atom stereocenters. The van der Waals surface area contributed by atoms with Crippen LogP contribution in [0.25, 0.3) is 16.7 Å². The highest BCUT2D eigenvalue weighted by molar-refractivity contribution is 6.46. The number of methoxy groups -OCH3 is 1. The maximum absolute atomic E-state index is 13.2. The van der Waals surface area contributed by atoms with Gasteiger partial charge in [-0.1, -0.05) is 18.2 Å². The maximum Gasteiger partial charge on any atom is 0.295 e. The first-order chi connectivity index (χ1) is 15.9. The van der Waals surface area contributed by atoms with Crippen LogP contribution < -0.4 is 4.74 Å². The molecule has 1 atom stereocenters. The minimum Gasteiger partial charge on any atom is -0.507 e. The molecular formula is C26H28N2O5. The second-order valence-corrected chi connectivity index (χ2v) is 8.11. The second kappa shape index (κ2) is 9.11. The van der Waals surface area contributed by atoms with E-state index in [1.54, 1.807) is 25.3 Å². The molecule has 0 radical (unpaired) electrons. The Balaban J connectivity index is 1.91. The molecule has 7 heteroatoms. The van der Waals surface area contributed by atoms with Gasteiger partial charge in [0.25, 0.3) is 11.7 Å². The summed E-state index contributed by atoms with van der Waals surface area (Å²) in [5.74, 6) is -0.834. The molecule has 2 heterocycles. The van der Waals surface area contributed by atoms with E-state index >= 15 is 0 Å². The first-order valence-corrected chi connectivity index (χ1v) is 10.9. The third-order valence-corrected chi connectivity index (χ3v) is 6.05. The van der Waals surface area contributed by atoms with Crippen LogP contribution >= 0.6 is 0 Å². The molecule has 2 aromatic carbocycles. The van der Waals surface area contributed by atoms with Gasteiger partial charge in [0.05, 0.1) is 24.8 Å². The largest absolute Gasteiger partial charge is 0.507 e. The summed E-state index contributed by atoms with van der Waals surface area (Å²) >= 11 is 0. The Kier molecular flexibility index (Phi) is 6.24. The minimum absolute atomic E-state index is 0.0796. The molecule has 1 aromatic heterocycles. The molecule has 1 aliphatic heterocycles. The fourth-order valence-corrected chi connectivity index (χ4v) is 4.48. The van der Waals surface area contributed by atoms with Crippen molar-refractivity contribution in [2.24, 2.45) is 7.05 Å². The number of amides is 1. The lowest BCUT2D eigenvalue weighted by atomic mass is 9.94. The van der Waals surface area contributed by atoms with E-state index in [1.165, 1.54) is 4.90 Å². The summed E-state index contributed by atoms with van der Waals surface area (Å²) in [5.41, 5.74) is 3.13. The summed E-state index contributed by atoms with van der Waals surface area (Å²) < 4.78 is 12.7. The van der Waals surface area contributed by atoms with Crippen LogP contribution in [0.2, 0.25) is 0 Å². The summed E-state index contributed by atoms with van der Waals surface area (Å²) in [5, 5.41) is 12.2. The third kappa shape index (κ3) is 3.89. The molecule has 3 aromatic rings. The predicted octanol–water partition coefficient (Wildman–Crippen LogP) is 3.95. The zero-order valence-corrected chi connectivity index (χ0v) is 19.3. The van der Waals surface area contributed by atoms with Crippen molar-refractivity contribution in [3.05, 3.63) is 70.9 Å². The van der Waals surface area contributed by atoms with Gasteiger partial charge in [-0.05, 0) is 43.7 Å². The molecule has 1 aliphatic rings. The number of aliphatic hydroxyl groups is 1. The van der Waals surface area contributed by atoms with E-state index in [9.17, 15) is 14.7 Å². The van der Waals surface area contributed by atoms with Crippen molar-refractivity contribution in [1.29, 1.82) is 0 Å². The number of ketones is 1. The first kappa shape index (κ1) is 22.6. The average molecular weight is 449 g/mol. The number of fused-ring (bicyclic) bond motifs is 1. The number of likely N-dealkylation sites (tertiary alicyclic amines) is 1. The summed E-state index contributed by atoms with van der Waals surface area (Å²) in [6.45, 7) is 4.81. The Hall–Kier alpha value is -3.58. The standard InChI is InChI=1S/C26H28N2O5/c1-5-33-21-11-10-17(14-16(21)2)24(29)22-23(28(12-13-32-4)26(31)25(22)30)19-15-27(3)20-9-7-6-8-18(19)20/h6-11,14-15,23,29H,5,12-13H2,1-4H3/b24-22+. The third-order valence-electron chi connectivity index (χ3n) is 6.05. The van der Waals surface area contributed by atoms with E-state index in [0.717, 1.165) is 22.0 Å². The average Bonchev–Trinajstić information content (AvgIpc) is 3.27. The molecule has 0 aliphatic carbocycles. The van der Waals surface area contributed by atoms with Gasteiger partial charge in [0.2, 0.25) is 0 Å². The Morgan fingerprint density at radius 3 is 2.61 bits per heavy atom. The van der Waals surface area contributed by atoms with Crippen LogP contribution in [0.15, 0.2) is 54.2 Å². The highest BCUT2D eigenvalue weighted by Gasteiger charge is 2.46. The molecule has 1 fully saturated rings. The number of ether oxygens (including phenoxy) is 2. The SMILES string of the molecule is CCOc1ccc(/C(O)=C2\C(=O)C(=O)N(CCOC)C2c2cn(C)c3ccccc23)cc1C. The van der Waals surface area contributed by atoms with E-state index in [4.69, 9.17) is 9.47 Å². The fraction of sp³-hybridized carbons (Fsp3) is 0.308. The van der Waals surface area contributed by atoms with E-state index in [1.807, 2.05) is 55.9 Å². The highest BCUT2D eigenvalue weighted by Crippen LogP contribution is 2.42. The van der Waals surface area contributed by atoms with Gasteiger partial charge < -0.3 is 24.0 Å². The minimum atomic E-state index is -0.724. The van der Waals surface area contributed by atoms with Crippen LogP contribution in [0, 0.1) is 6.92 Å². The highest BCUT2D eigenvalue weighted by atomic mass is 16.5. The lowest BCUT2D eigenvalue weighted by molar-refractivity contribution is -0.140. The maximum atomic E-state index is 13.2. The van der Waals surface area contributed by atoms with Gasteiger partial charge in [0, 0.05) is 48.9 Å². The number of carbonyl (C=O) groups is 2. The summed E-state index contributed by atoms with van der Waals surface area (Å²) in [6.07, 6.45) is 1.91.